The highest BCUT2D eigenvalue weighted by molar-refractivity contribution is 5.90. The quantitative estimate of drug-likeness (QED) is 0.546. The lowest BCUT2D eigenvalue weighted by molar-refractivity contribution is -0.134. The molecule has 1 nitrogen and oxygen atoms in total. The van der Waals surface area contributed by atoms with Crippen LogP contribution in [0.15, 0.2) is 0 Å². The summed E-state index contributed by atoms with van der Waals surface area (Å²) in [7, 11) is 0. The molecule has 5 aliphatic rings. The van der Waals surface area contributed by atoms with E-state index >= 15 is 0 Å². The van der Waals surface area contributed by atoms with Crippen LogP contribution in [0, 0.1) is 47.3 Å². The highest BCUT2D eigenvalue weighted by Gasteiger charge is 2.77. The Bertz CT molecular complexity index is 325. The van der Waals surface area contributed by atoms with E-state index < -0.39 is 0 Å². The molecule has 0 heterocycles. The highest BCUT2D eigenvalue weighted by Crippen LogP contribution is 2.79. The molecule has 5 saturated carbocycles. The number of hydrogen-bond acceptors (Lipinski definition) is 1. The molecule has 6 bridgehead atoms. The third-order valence-electron chi connectivity index (χ3n) is 6.31. The van der Waals surface area contributed by atoms with Gasteiger partial charge in [0.15, 0.2) is 0 Å². The molecule has 1 heteroatoms. The number of carbonyl (C=O) groups excluding carboxylic acids is 1. The fourth-order valence-electron chi connectivity index (χ4n) is 6.49. The van der Waals surface area contributed by atoms with Gasteiger partial charge in [0.2, 0.25) is 0 Å². The van der Waals surface area contributed by atoms with Crippen LogP contribution >= 0.6 is 0 Å². The minimum Gasteiger partial charge on any atom is -0.299 e. The van der Waals surface area contributed by atoms with Crippen molar-refractivity contribution >= 4 is 5.78 Å². The Morgan fingerprint density at radius 1 is 0.923 bits per heavy atom. The maximum Gasteiger partial charge on any atom is 0.139 e. The smallest absolute Gasteiger partial charge is 0.139 e. The van der Waals surface area contributed by atoms with Gasteiger partial charge in [-0.2, -0.15) is 0 Å². The van der Waals surface area contributed by atoms with Gasteiger partial charge in [-0.25, -0.2) is 0 Å². The maximum absolute atomic E-state index is 12.0. The van der Waals surface area contributed by atoms with Crippen LogP contribution in [0.1, 0.15) is 19.3 Å². The molecule has 0 saturated heterocycles. The van der Waals surface area contributed by atoms with E-state index in [0.717, 1.165) is 35.5 Å². The number of Topliss-reactive ketones (excluding diaryl/α,β-unsaturated/α-hetero) is 1. The number of fused-ring (bicyclic) bond motifs is 3. The molecule has 0 aromatic carbocycles. The summed E-state index contributed by atoms with van der Waals surface area (Å²) in [6.45, 7) is 0. The molecule has 1 unspecified atom stereocenters. The average molecular weight is 174 g/mol. The van der Waals surface area contributed by atoms with Crippen molar-refractivity contribution in [2.24, 2.45) is 47.3 Å². The molecule has 5 rings (SSSR count). The average Bonchev–Trinajstić information content (AvgIpc) is 2.77. The summed E-state index contributed by atoms with van der Waals surface area (Å²) in [6.07, 6.45) is 4.26. The van der Waals surface area contributed by atoms with E-state index in [4.69, 9.17) is 0 Å². The lowest BCUT2D eigenvalue weighted by Crippen LogP contribution is -2.42. The van der Waals surface area contributed by atoms with E-state index in [1.165, 1.54) is 19.3 Å². The Labute approximate surface area is 77.9 Å². The fraction of sp³-hybridized carbons (Fsp3) is 0.917. The van der Waals surface area contributed by atoms with Gasteiger partial charge in [0.05, 0.1) is 0 Å². The zero-order valence-electron chi connectivity index (χ0n) is 7.65. The van der Waals surface area contributed by atoms with Gasteiger partial charge in [0, 0.05) is 11.8 Å². The van der Waals surface area contributed by atoms with Crippen LogP contribution in [0.4, 0.5) is 0 Å². The summed E-state index contributed by atoms with van der Waals surface area (Å²) in [4.78, 5) is 12.0. The van der Waals surface area contributed by atoms with Gasteiger partial charge >= 0.3 is 0 Å². The van der Waals surface area contributed by atoms with Crippen molar-refractivity contribution in [1.29, 1.82) is 0 Å². The Kier molecular flexibility index (Phi) is 0.721. The first kappa shape index (κ1) is 6.21. The summed E-state index contributed by atoms with van der Waals surface area (Å²) in [5, 5.41) is 0. The molecule has 5 aliphatic carbocycles. The molecule has 0 aromatic rings. The van der Waals surface area contributed by atoms with Gasteiger partial charge in [-0.3, -0.25) is 4.79 Å². The third kappa shape index (κ3) is 0.393. The first-order chi connectivity index (χ1) is 6.38. The van der Waals surface area contributed by atoms with E-state index in [9.17, 15) is 4.79 Å². The Balaban J connectivity index is 1.84. The lowest BCUT2D eigenvalue weighted by Gasteiger charge is -2.40. The number of hydrogen-bond donors (Lipinski definition) is 0. The normalized spacial score (nSPS) is 74.9. The van der Waals surface area contributed by atoms with Crippen LogP contribution < -0.4 is 0 Å². The molecule has 68 valence electrons. The van der Waals surface area contributed by atoms with Crippen molar-refractivity contribution in [3.05, 3.63) is 0 Å². The molecule has 8 atom stereocenters. The van der Waals surface area contributed by atoms with Gasteiger partial charge in [-0.05, 0) is 54.8 Å². The zero-order valence-corrected chi connectivity index (χ0v) is 7.65. The van der Waals surface area contributed by atoms with E-state index in [2.05, 4.69) is 0 Å². The summed E-state index contributed by atoms with van der Waals surface area (Å²) >= 11 is 0. The molecule has 0 N–H and O–H groups in total. The van der Waals surface area contributed by atoms with E-state index in [1.54, 1.807) is 0 Å². The maximum atomic E-state index is 12.0. The van der Waals surface area contributed by atoms with Gasteiger partial charge in [0.1, 0.15) is 5.78 Å². The number of carbonyl (C=O) groups is 1. The second-order valence-corrected chi connectivity index (χ2v) is 6.07. The van der Waals surface area contributed by atoms with Gasteiger partial charge in [-0.1, -0.05) is 0 Å². The standard InChI is InChI=1S/C12H14O/c13-12-7-3-6-9-4-1-2-5(10(7)9)8(4)11(6)12/h4-11H,1-3H2/t4-,5+,6-,7+,8?,9-,10+,11-/m1/s1. The van der Waals surface area contributed by atoms with Crippen molar-refractivity contribution in [3.8, 4) is 0 Å². The van der Waals surface area contributed by atoms with Gasteiger partial charge < -0.3 is 0 Å². The fourth-order valence-corrected chi connectivity index (χ4v) is 6.49. The number of ketones is 1. The molecule has 0 radical (unpaired) electrons. The molecular weight excluding hydrogens is 160 g/mol. The lowest BCUT2D eigenvalue weighted by atomic mass is 9.63. The summed E-state index contributed by atoms with van der Waals surface area (Å²) in [6, 6.07) is 0. The Morgan fingerprint density at radius 2 is 1.69 bits per heavy atom. The Morgan fingerprint density at radius 3 is 2.54 bits per heavy atom. The third-order valence-corrected chi connectivity index (χ3v) is 6.31. The molecule has 0 aliphatic heterocycles. The van der Waals surface area contributed by atoms with Crippen molar-refractivity contribution in [1.82, 2.24) is 0 Å². The first-order valence-corrected chi connectivity index (χ1v) is 5.91. The topological polar surface area (TPSA) is 17.1 Å². The van der Waals surface area contributed by atoms with Gasteiger partial charge in [-0.15, -0.1) is 0 Å². The predicted molar refractivity (Wildman–Crippen MR) is 46.8 cm³/mol. The van der Waals surface area contributed by atoms with Crippen molar-refractivity contribution in [2.45, 2.75) is 19.3 Å². The first-order valence-electron chi connectivity index (χ1n) is 5.91. The van der Waals surface area contributed by atoms with E-state index in [-0.39, 0.29) is 0 Å². The van der Waals surface area contributed by atoms with Crippen LogP contribution in [0.5, 0.6) is 0 Å². The molecule has 13 heavy (non-hydrogen) atoms. The van der Waals surface area contributed by atoms with Gasteiger partial charge in [0.25, 0.3) is 0 Å². The highest BCUT2D eigenvalue weighted by atomic mass is 16.1. The van der Waals surface area contributed by atoms with Crippen LogP contribution in [0.2, 0.25) is 0 Å². The second-order valence-electron chi connectivity index (χ2n) is 6.07. The Hall–Kier alpha value is -0.330. The van der Waals surface area contributed by atoms with Crippen LogP contribution in [-0.4, -0.2) is 5.78 Å². The van der Waals surface area contributed by atoms with Crippen LogP contribution in [-0.2, 0) is 4.79 Å². The molecule has 5 fully saturated rings. The van der Waals surface area contributed by atoms with Crippen molar-refractivity contribution < 1.29 is 4.79 Å². The molecule has 0 spiro atoms. The predicted octanol–water partition coefficient (Wildman–Crippen LogP) is 1.72. The second kappa shape index (κ2) is 1.51. The largest absolute Gasteiger partial charge is 0.299 e. The molecular formula is C12H14O. The summed E-state index contributed by atoms with van der Waals surface area (Å²) in [5.74, 6) is 7.59. The van der Waals surface area contributed by atoms with Crippen molar-refractivity contribution in [2.75, 3.05) is 0 Å². The minimum atomic E-state index is 0.562. The summed E-state index contributed by atoms with van der Waals surface area (Å²) < 4.78 is 0. The zero-order chi connectivity index (χ0) is 8.32. The van der Waals surface area contributed by atoms with Crippen molar-refractivity contribution in [3.63, 3.8) is 0 Å². The van der Waals surface area contributed by atoms with Crippen LogP contribution in [0.3, 0.4) is 0 Å². The SMILES string of the molecule is O=C1[C@H]2C[C@@H]3[C@@H]4[C@H]2[C@H]2CC[C@@H]4C2[C@H]13. The molecule has 0 aromatic heterocycles. The number of rotatable bonds is 0. The van der Waals surface area contributed by atoms with Crippen LogP contribution in [0.25, 0.3) is 0 Å². The van der Waals surface area contributed by atoms with E-state index in [0.29, 0.717) is 17.6 Å². The minimum absolute atomic E-state index is 0.562. The van der Waals surface area contributed by atoms with E-state index in [1.807, 2.05) is 0 Å². The molecule has 0 amide bonds. The summed E-state index contributed by atoms with van der Waals surface area (Å²) in [5.41, 5.74) is 0. The monoisotopic (exact) mass is 174 g/mol.